The SMILES string of the molecule is COC(=O)C(C)Nc1ncc[nH]c1=O. The minimum absolute atomic E-state index is 0.102. The molecule has 2 N–H and O–H groups in total. The van der Waals surface area contributed by atoms with Gasteiger partial charge in [-0.25, -0.2) is 9.78 Å². The van der Waals surface area contributed by atoms with Gasteiger partial charge in [0.25, 0.3) is 5.56 Å². The number of rotatable bonds is 3. The minimum atomic E-state index is -0.601. The summed E-state index contributed by atoms with van der Waals surface area (Å²) in [4.78, 5) is 28.3. The van der Waals surface area contributed by atoms with Crippen LogP contribution in [0, 0.1) is 0 Å². The van der Waals surface area contributed by atoms with E-state index in [-0.39, 0.29) is 11.4 Å². The van der Waals surface area contributed by atoms with Crippen molar-refractivity contribution in [2.24, 2.45) is 0 Å². The van der Waals surface area contributed by atoms with Crippen LogP contribution in [0.15, 0.2) is 17.2 Å². The molecule has 0 aliphatic rings. The molecule has 1 heterocycles. The predicted octanol–water partition coefficient (Wildman–Crippen LogP) is -0.257. The molecule has 0 saturated carbocycles. The van der Waals surface area contributed by atoms with Gasteiger partial charge in [0.05, 0.1) is 7.11 Å². The van der Waals surface area contributed by atoms with Gasteiger partial charge >= 0.3 is 5.97 Å². The quantitative estimate of drug-likeness (QED) is 0.652. The number of carbonyl (C=O) groups excluding carboxylic acids is 1. The number of nitrogens with one attached hydrogen (secondary N) is 2. The molecule has 0 fully saturated rings. The average molecular weight is 197 g/mol. The van der Waals surface area contributed by atoms with Crippen molar-refractivity contribution in [3.05, 3.63) is 22.7 Å². The number of esters is 1. The number of anilines is 1. The van der Waals surface area contributed by atoms with Crippen LogP contribution >= 0.6 is 0 Å². The Kier molecular flexibility index (Phi) is 3.22. The maximum absolute atomic E-state index is 11.1. The Balaban J connectivity index is 2.74. The third-order valence-corrected chi connectivity index (χ3v) is 1.62. The highest BCUT2D eigenvalue weighted by atomic mass is 16.5. The van der Waals surface area contributed by atoms with Crippen molar-refractivity contribution in [1.29, 1.82) is 0 Å². The van der Waals surface area contributed by atoms with Crippen LogP contribution in [0.5, 0.6) is 0 Å². The fraction of sp³-hybridized carbons (Fsp3) is 0.375. The molecule has 0 aliphatic heterocycles. The van der Waals surface area contributed by atoms with Crippen molar-refractivity contribution < 1.29 is 9.53 Å². The van der Waals surface area contributed by atoms with Crippen LogP contribution in [0.1, 0.15) is 6.92 Å². The van der Waals surface area contributed by atoms with Gasteiger partial charge in [-0.15, -0.1) is 0 Å². The maximum Gasteiger partial charge on any atom is 0.328 e. The number of hydrogen-bond donors (Lipinski definition) is 2. The third-order valence-electron chi connectivity index (χ3n) is 1.62. The van der Waals surface area contributed by atoms with E-state index in [0.29, 0.717) is 0 Å². The van der Waals surface area contributed by atoms with E-state index in [9.17, 15) is 9.59 Å². The zero-order valence-corrected chi connectivity index (χ0v) is 7.90. The first-order valence-corrected chi connectivity index (χ1v) is 4.03. The predicted molar refractivity (Wildman–Crippen MR) is 50.0 cm³/mol. The van der Waals surface area contributed by atoms with Gasteiger partial charge in [-0.1, -0.05) is 0 Å². The van der Waals surface area contributed by atoms with E-state index in [1.807, 2.05) is 0 Å². The second kappa shape index (κ2) is 4.40. The summed E-state index contributed by atoms with van der Waals surface area (Å²) >= 11 is 0. The Morgan fingerprint density at radius 1 is 1.71 bits per heavy atom. The molecule has 0 spiro atoms. The molecular weight excluding hydrogens is 186 g/mol. The molecule has 6 nitrogen and oxygen atoms in total. The summed E-state index contributed by atoms with van der Waals surface area (Å²) in [5.74, 6) is -0.347. The first kappa shape index (κ1) is 10.2. The number of carbonyl (C=O) groups is 1. The molecule has 1 unspecified atom stereocenters. The van der Waals surface area contributed by atoms with Crippen LogP contribution in [0.25, 0.3) is 0 Å². The van der Waals surface area contributed by atoms with Gasteiger partial charge in [-0.2, -0.15) is 0 Å². The van der Waals surface area contributed by atoms with E-state index in [1.165, 1.54) is 19.5 Å². The number of methoxy groups -OCH3 is 1. The lowest BCUT2D eigenvalue weighted by Gasteiger charge is -2.10. The highest BCUT2D eigenvalue weighted by Crippen LogP contribution is 1.96. The summed E-state index contributed by atoms with van der Waals surface area (Å²) in [5.41, 5.74) is -0.372. The minimum Gasteiger partial charge on any atom is -0.467 e. The van der Waals surface area contributed by atoms with Gasteiger partial charge in [0.2, 0.25) is 0 Å². The summed E-state index contributed by atoms with van der Waals surface area (Å²) in [6.07, 6.45) is 2.84. The van der Waals surface area contributed by atoms with E-state index < -0.39 is 12.0 Å². The fourth-order valence-electron chi connectivity index (χ4n) is 0.895. The molecule has 14 heavy (non-hydrogen) atoms. The van der Waals surface area contributed by atoms with Gasteiger partial charge in [0, 0.05) is 12.4 Å². The molecular formula is C8H11N3O3. The van der Waals surface area contributed by atoms with Crippen molar-refractivity contribution >= 4 is 11.8 Å². The topological polar surface area (TPSA) is 84.1 Å². The lowest BCUT2D eigenvalue weighted by Crippen LogP contribution is -2.30. The Morgan fingerprint density at radius 2 is 2.43 bits per heavy atom. The first-order chi connectivity index (χ1) is 6.65. The highest BCUT2D eigenvalue weighted by Gasteiger charge is 2.14. The van der Waals surface area contributed by atoms with E-state index in [2.05, 4.69) is 20.0 Å². The molecule has 0 radical (unpaired) electrons. The summed E-state index contributed by atoms with van der Waals surface area (Å²) in [6, 6.07) is -0.601. The van der Waals surface area contributed by atoms with Gasteiger partial charge < -0.3 is 15.0 Å². The van der Waals surface area contributed by atoms with Crippen molar-refractivity contribution in [3.63, 3.8) is 0 Å². The molecule has 0 amide bonds. The largest absolute Gasteiger partial charge is 0.467 e. The number of nitrogens with zero attached hydrogens (tertiary/aromatic N) is 1. The van der Waals surface area contributed by atoms with Crippen LogP contribution in [-0.4, -0.2) is 29.1 Å². The van der Waals surface area contributed by atoms with Crippen LogP contribution in [0.4, 0.5) is 5.82 Å². The Morgan fingerprint density at radius 3 is 3.00 bits per heavy atom. The van der Waals surface area contributed by atoms with Crippen molar-refractivity contribution in [2.75, 3.05) is 12.4 Å². The van der Waals surface area contributed by atoms with Crippen LogP contribution < -0.4 is 10.9 Å². The second-order valence-electron chi connectivity index (χ2n) is 2.66. The average Bonchev–Trinajstić information content (AvgIpc) is 2.20. The lowest BCUT2D eigenvalue weighted by atomic mass is 10.3. The van der Waals surface area contributed by atoms with Crippen LogP contribution in [-0.2, 0) is 9.53 Å². The molecule has 6 heteroatoms. The molecule has 1 aromatic rings. The van der Waals surface area contributed by atoms with E-state index in [0.717, 1.165) is 0 Å². The standard InChI is InChI=1S/C8H11N3O3/c1-5(8(13)14-2)11-6-7(12)10-4-3-9-6/h3-5H,1-2H3,(H,9,11)(H,10,12). The number of ether oxygens (including phenoxy) is 1. The van der Waals surface area contributed by atoms with E-state index >= 15 is 0 Å². The molecule has 1 aromatic heterocycles. The van der Waals surface area contributed by atoms with Crippen molar-refractivity contribution in [3.8, 4) is 0 Å². The monoisotopic (exact) mass is 197 g/mol. The van der Waals surface area contributed by atoms with Crippen molar-refractivity contribution in [1.82, 2.24) is 9.97 Å². The Labute approximate surface area is 80.3 Å². The van der Waals surface area contributed by atoms with E-state index in [4.69, 9.17) is 0 Å². The molecule has 0 bridgehead atoms. The van der Waals surface area contributed by atoms with E-state index in [1.54, 1.807) is 6.92 Å². The number of aromatic amines is 1. The summed E-state index contributed by atoms with van der Waals surface area (Å²) < 4.78 is 4.48. The van der Waals surface area contributed by atoms with Crippen LogP contribution in [0.2, 0.25) is 0 Å². The maximum atomic E-state index is 11.1. The fourth-order valence-corrected chi connectivity index (χ4v) is 0.895. The Bertz CT molecular complexity index is 374. The zero-order chi connectivity index (χ0) is 10.6. The third kappa shape index (κ3) is 2.32. The lowest BCUT2D eigenvalue weighted by molar-refractivity contribution is -0.141. The number of hydrogen-bond acceptors (Lipinski definition) is 5. The van der Waals surface area contributed by atoms with Gasteiger partial charge in [0.15, 0.2) is 5.82 Å². The molecule has 1 atom stereocenters. The molecule has 76 valence electrons. The molecule has 0 saturated heterocycles. The number of H-pyrrole nitrogens is 1. The molecule has 0 aliphatic carbocycles. The van der Waals surface area contributed by atoms with Crippen LogP contribution in [0.3, 0.4) is 0 Å². The molecule has 1 rings (SSSR count). The summed E-state index contributed by atoms with van der Waals surface area (Å²) in [7, 11) is 1.28. The number of aromatic nitrogens is 2. The Hall–Kier alpha value is -1.85. The second-order valence-corrected chi connectivity index (χ2v) is 2.66. The summed E-state index contributed by atoms with van der Waals surface area (Å²) in [5, 5.41) is 2.63. The van der Waals surface area contributed by atoms with Gasteiger partial charge in [0.1, 0.15) is 6.04 Å². The summed E-state index contributed by atoms with van der Waals surface area (Å²) in [6.45, 7) is 1.58. The van der Waals surface area contributed by atoms with Crippen molar-refractivity contribution in [2.45, 2.75) is 13.0 Å². The smallest absolute Gasteiger partial charge is 0.328 e. The zero-order valence-electron chi connectivity index (χ0n) is 7.90. The first-order valence-electron chi connectivity index (χ1n) is 4.03. The van der Waals surface area contributed by atoms with Gasteiger partial charge in [-0.3, -0.25) is 4.79 Å². The normalized spacial score (nSPS) is 11.9. The highest BCUT2D eigenvalue weighted by molar-refractivity contribution is 5.78. The van der Waals surface area contributed by atoms with Gasteiger partial charge in [-0.05, 0) is 6.92 Å². The molecule has 0 aromatic carbocycles.